The molecule has 0 amide bonds. The summed E-state index contributed by atoms with van der Waals surface area (Å²) in [7, 11) is -1.97. The molecule has 1 aromatic rings. The Morgan fingerprint density at radius 1 is 1.17 bits per heavy atom. The highest BCUT2D eigenvalue weighted by Gasteiger charge is 2.41. The molecule has 3 rings (SSSR count). The predicted molar refractivity (Wildman–Crippen MR) is 70.6 cm³/mol. The van der Waals surface area contributed by atoms with Crippen LogP contribution >= 0.6 is 0 Å². The van der Waals surface area contributed by atoms with Crippen LogP contribution in [0.15, 0.2) is 35.5 Å². The zero-order valence-electron chi connectivity index (χ0n) is 10.6. The van der Waals surface area contributed by atoms with Gasteiger partial charge in [-0.25, -0.2) is 0 Å². The van der Waals surface area contributed by atoms with Gasteiger partial charge in [-0.1, -0.05) is 35.5 Å². The summed E-state index contributed by atoms with van der Waals surface area (Å²) in [5.74, 6) is 0.182. The molecule has 0 bridgehead atoms. The third kappa shape index (κ3) is 2.21. The molecule has 2 aliphatic heterocycles. The van der Waals surface area contributed by atoms with E-state index in [9.17, 15) is 0 Å². The molecule has 1 saturated heterocycles. The monoisotopic (exact) mass is 263 g/mol. The summed E-state index contributed by atoms with van der Waals surface area (Å²) >= 11 is 0. The first kappa shape index (κ1) is 11.9. The maximum absolute atomic E-state index is 5.91. The zero-order chi connectivity index (χ0) is 12.6. The van der Waals surface area contributed by atoms with Crippen molar-refractivity contribution in [3.63, 3.8) is 0 Å². The highest BCUT2D eigenvalue weighted by Crippen LogP contribution is 2.35. The van der Waals surface area contributed by atoms with Gasteiger partial charge < -0.3 is 13.7 Å². The van der Waals surface area contributed by atoms with Crippen LogP contribution in [0, 0.1) is 5.92 Å². The molecule has 0 unspecified atom stereocenters. The normalized spacial score (nSPS) is 30.0. The van der Waals surface area contributed by atoms with E-state index in [-0.39, 0.29) is 12.0 Å². The molecule has 18 heavy (non-hydrogen) atoms. The maximum atomic E-state index is 5.91. The first-order chi connectivity index (χ1) is 8.66. The van der Waals surface area contributed by atoms with Crippen molar-refractivity contribution >= 4 is 14.3 Å². The number of fused-ring (bicyclic) bond motifs is 1. The average molecular weight is 263 g/mol. The van der Waals surface area contributed by atoms with Crippen LogP contribution in [0.3, 0.4) is 0 Å². The van der Waals surface area contributed by atoms with Crippen LogP contribution in [0.2, 0.25) is 13.1 Å². The van der Waals surface area contributed by atoms with Crippen LogP contribution in [-0.2, 0) is 13.7 Å². The van der Waals surface area contributed by atoms with Crippen LogP contribution in [0.5, 0.6) is 0 Å². The first-order valence-corrected chi connectivity index (χ1v) is 9.03. The van der Waals surface area contributed by atoms with Crippen molar-refractivity contribution in [3.8, 4) is 0 Å². The Bertz CT molecular complexity index is 461. The summed E-state index contributed by atoms with van der Waals surface area (Å²) in [6.07, 6.45) is -0.0345. The van der Waals surface area contributed by atoms with Crippen molar-refractivity contribution in [1.29, 1.82) is 0 Å². The fourth-order valence-corrected chi connectivity index (χ4v) is 3.43. The Balaban J connectivity index is 1.82. The minimum atomic E-state index is -1.97. The van der Waals surface area contributed by atoms with Gasteiger partial charge >= 0.3 is 8.56 Å². The lowest BCUT2D eigenvalue weighted by atomic mass is 9.93. The molecule has 0 saturated carbocycles. The van der Waals surface area contributed by atoms with Crippen molar-refractivity contribution in [3.05, 3.63) is 35.9 Å². The van der Waals surface area contributed by atoms with Gasteiger partial charge in [0.25, 0.3) is 0 Å². The number of benzene rings is 1. The van der Waals surface area contributed by atoms with Gasteiger partial charge in [0.15, 0.2) is 6.10 Å². The molecule has 0 N–H and O–H groups in total. The summed E-state index contributed by atoms with van der Waals surface area (Å²) in [5.41, 5.74) is 2.12. The van der Waals surface area contributed by atoms with Gasteiger partial charge in [0.05, 0.1) is 18.2 Å². The molecule has 0 aliphatic carbocycles. The molecule has 2 heterocycles. The van der Waals surface area contributed by atoms with Crippen molar-refractivity contribution < 1.29 is 13.7 Å². The summed E-state index contributed by atoms with van der Waals surface area (Å²) in [5, 5.41) is 4.17. The van der Waals surface area contributed by atoms with Gasteiger partial charge in [0.2, 0.25) is 0 Å². The van der Waals surface area contributed by atoms with Crippen molar-refractivity contribution in [2.24, 2.45) is 11.1 Å². The van der Waals surface area contributed by atoms with Crippen LogP contribution in [0.4, 0.5) is 0 Å². The average Bonchev–Trinajstić information content (AvgIpc) is 2.72. The minimum Gasteiger partial charge on any atom is -0.394 e. The summed E-state index contributed by atoms with van der Waals surface area (Å²) < 4.78 is 11.7. The zero-order valence-corrected chi connectivity index (χ0v) is 11.6. The van der Waals surface area contributed by atoms with Gasteiger partial charge in [-0.05, 0) is 18.7 Å². The smallest absolute Gasteiger partial charge is 0.332 e. The van der Waals surface area contributed by atoms with E-state index >= 15 is 0 Å². The lowest BCUT2D eigenvalue weighted by molar-refractivity contribution is 0.0445. The Hall–Kier alpha value is -1.17. The third-order valence-electron chi connectivity index (χ3n) is 3.38. The summed E-state index contributed by atoms with van der Waals surface area (Å²) in [6, 6.07) is 10.2. The molecular formula is C13H17NO3Si. The van der Waals surface area contributed by atoms with Crippen LogP contribution in [0.25, 0.3) is 0 Å². The van der Waals surface area contributed by atoms with E-state index in [1.807, 2.05) is 18.2 Å². The molecule has 2 aliphatic rings. The van der Waals surface area contributed by atoms with E-state index in [4.69, 9.17) is 13.7 Å². The second kappa shape index (κ2) is 4.49. The number of rotatable bonds is 1. The second-order valence-electron chi connectivity index (χ2n) is 5.13. The van der Waals surface area contributed by atoms with Crippen LogP contribution in [-0.4, -0.2) is 27.5 Å². The van der Waals surface area contributed by atoms with E-state index < -0.39 is 8.56 Å². The molecule has 5 heteroatoms. The number of nitrogens with zero attached hydrogens (tertiary/aromatic N) is 1. The molecule has 0 spiro atoms. The van der Waals surface area contributed by atoms with Gasteiger partial charge in [0.1, 0.15) is 0 Å². The van der Waals surface area contributed by atoms with E-state index in [0.717, 1.165) is 11.3 Å². The van der Waals surface area contributed by atoms with E-state index in [1.54, 1.807) is 0 Å². The highest BCUT2D eigenvalue weighted by atomic mass is 28.4. The van der Waals surface area contributed by atoms with Gasteiger partial charge in [-0.2, -0.15) is 0 Å². The summed E-state index contributed by atoms with van der Waals surface area (Å²) in [6.45, 7) is 5.30. The Labute approximate surface area is 108 Å². The van der Waals surface area contributed by atoms with Gasteiger partial charge in [0, 0.05) is 6.61 Å². The SMILES string of the molecule is C[Si]1(C)OCC2=NO[C@@H](c3ccccc3)[C@@H]2CO1. The Morgan fingerprint density at radius 3 is 2.72 bits per heavy atom. The standard InChI is InChI=1S/C13H17NO3Si/c1-18(2)15-8-11-12(9-16-18)14-17-13(11)10-6-4-3-5-7-10/h3-7,11,13H,8-9H2,1-2H3/t11-,13+/m1/s1. The Kier molecular flexibility index (Phi) is 2.97. The highest BCUT2D eigenvalue weighted by molar-refractivity contribution is 6.64. The molecule has 1 fully saturated rings. The number of oxime groups is 1. The molecule has 2 atom stereocenters. The van der Waals surface area contributed by atoms with E-state index in [2.05, 4.69) is 30.4 Å². The topological polar surface area (TPSA) is 40.0 Å². The van der Waals surface area contributed by atoms with E-state index in [0.29, 0.717) is 13.2 Å². The fourth-order valence-electron chi connectivity index (χ4n) is 2.27. The van der Waals surface area contributed by atoms with E-state index in [1.165, 1.54) is 0 Å². The van der Waals surface area contributed by atoms with Crippen molar-refractivity contribution in [1.82, 2.24) is 0 Å². The molecule has 0 radical (unpaired) electrons. The van der Waals surface area contributed by atoms with Gasteiger partial charge in [-0.15, -0.1) is 0 Å². The first-order valence-electron chi connectivity index (χ1n) is 6.21. The lowest BCUT2D eigenvalue weighted by Gasteiger charge is -2.21. The number of hydrogen-bond donors (Lipinski definition) is 0. The van der Waals surface area contributed by atoms with Crippen LogP contribution < -0.4 is 0 Å². The predicted octanol–water partition coefficient (Wildman–Crippen LogP) is 2.48. The molecule has 1 aromatic carbocycles. The largest absolute Gasteiger partial charge is 0.394 e. The van der Waals surface area contributed by atoms with Crippen molar-refractivity contribution in [2.75, 3.05) is 13.2 Å². The molecule has 96 valence electrons. The van der Waals surface area contributed by atoms with Gasteiger partial charge in [-0.3, -0.25) is 0 Å². The minimum absolute atomic E-state index is 0.0345. The maximum Gasteiger partial charge on any atom is 0.332 e. The Morgan fingerprint density at radius 2 is 1.94 bits per heavy atom. The summed E-state index contributed by atoms with van der Waals surface area (Å²) in [4.78, 5) is 5.55. The van der Waals surface area contributed by atoms with Crippen molar-refractivity contribution in [2.45, 2.75) is 19.2 Å². The second-order valence-corrected chi connectivity index (χ2v) is 8.50. The quantitative estimate of drug-likeness (QED) is 0.731. The van der Waals surface area contributed by atoms with Crippen LogP contribution in [0.1, 0.15) is 11.7 Å². The molecular weight excluding hydrogens is 246 g/mol. The lowest BCUT2D eigenvalue weighted by Crippen LogP contribution is -2.34. The third-order valence-corrected chi connectivity index (χ3v) is 5.08. The number of hydrogen-bond acceptors (Lipinski definition) is 4. The fraction of sp³-hybridized carbons (Fsp3) is 0.462. The molecule has 4 nitrogen and oxygen atoms in total. The molecule has 0 aromatic heterocycles.